The van der Waals surface area contributed by atoms with E-state index in [4.69, 9.17) is 0 Å². The lowest BCUT2D eigenvalue weighted by atomic mass is 9.82. The van der Waals surface area contributed by atoms with Crippen molar-refractivity contribution in [2.45, 2.75) is 37.6 Å². The summed E-state index contributed by atoms with van der Waals surface area (Å²) in [7, 11) is 0. The molecule has 1 saturated heterocycles. The molecule has 8 nitrogen and oxygen atoms in total. The van der Waals surface area contributed by atoms with Crippen LogP contribution in [0.1, 0.15) is 24.5 Å². The Morgan fingerprint density at radius 3 is 2.43 bits per heavy atom. The number of nitrogens with one attached hydrogen (secondary N) is 2. The average Bonchev–Trinajstić information content (AvgIpc) is 3.01. The summed E-state index contributed by atoms with van der Waals surface area (Å²) in [6.07, 6.45) is -5.23. The number of rotatable bonds is 5. The smallest absolute Gasteiger partial charge is 0.326 e. The zero-order chi connectivity index (χ0) is 25.5. The molecule has 35 heavy (non-hydrogen) atoms. The van der Waals surface area contributed by atoms with E-state index in [1.807, 2.05) is 0 Å². The molecule has 2 aliphatic rings. The molecule has 1 fully saturated rings. The average molecular weight is 492 g/mol. The van der Waals surface area contributed by atoms with Crippen LogP contribution in [0.3, 0.4) is 0 Å². The lowest BCUT2D eigenvalue weighted by Gasteiger charge is -2.33. The summed E-state index contributed by atoms with van der Waals surface area (Å²) >= 11 is 0. The van der Waals surface area contributed by atoms with Gasteiger partial charge in [0.15, 0.2) is 5.54 Å². The number of imide groups is 1. The topological polar surface area (TPSA) is 98.8 Å². The van der Waals surface area contributed by atoms with Crippen molar-refractivity contribution in [3.05, 3.63) is 65.5 Å². The first-order chi connectivity index (χ1) is 16.4. The summed E-state index contributed by atoms with van der Waals surface area (Å²) in [5.74, 6) is -3.21. The molecule has 2 N–H and O–H groups in total. The molecule has 1 spiro atoms. The van der Waals surface area contributed by atoms with Crippen LogP contribution in [0, 0.1) is 5.82 Å². The van der Waals surface area contributed by atoms with Gasteiger partial charge in [0.25, 0.3) is 5.91 Å². The number of halogens is 4. The highest BCUT2D eigenvalue weighted by atomic mass is 19.4. The Labute approximate surface area is 196 Å². The number of carbonyl (C=O) groups excluding carboxylic acids is 4. The number of anilines is 1. The minimum absolute atomic E-state index is 0.224. The van der Waals surface area contributed by atoms with Gasteiger partial charge >= 0.3 is 12.2 Å². The van der Waals surface area contributed by atoms with Gasteiger partial charge in [-0.3, -0.25) is 19.3 Å². The van der Waals surface area contributed by atoms with Crippen molar-refractivity contribution in [3.8, 4) is 0 Å². The largest absolute Gasteiger partial charge is 0.408 e. The second-order valence-electron chi connectivity index (χ2n) is 8.36. The molecule has 1 unspecified atom stereocenters. The van der Waals surface area contributed by atoms with Crippen LogP contribution >= 0.6 is 0 Å². The molecule has 2 aromatic carbocycles. The van der Waals surface area contributed by atoms with Crippen LogP contribution in [0.4, 0.5) is 28.0 Å². The first-order valence-corrected chi connectivity index (χ1v) is 10.6. The van der Waals surface area contributed by atoms with Crippen LogP contribution in [0.25, 0.3) is 0 Å². The number of urea groups is 1. The van der Waals surface area contributed by atoms with Crippen molar-refractivity contribution in [2.24, 2.45) is 0 Å². The molecule has 2 atom stereocenters. The Bertz CT molecular complexity index is 1200. The van der Waals surface area contributed by atoms with Crippen molar-refractivity contribution >= 4 is 29.4 Å². The molecule has 0 saturated carbocycles. The number of alkyl halides is 3. The van der Waals surface area contributed by atoms with Gasteiger partial charge in [-0.2, -0.15) is 13.2 Å². The number of para-hydroxylation sites is 1. The summed E-state index contributed by atoms with van der Waals surface area (Å²) in [6.45, 7) is -0.728. The quantitative estimate of drug-likeness (QED) is 0.496. The standard InChI is InChI=1S/C23H20F4N4O4/c1-13(23(25,26)27)30(11-14-6-8-15(24)9-7-14)19(33)12-31-20(34)22(29-21(31)35)10-18(32)28-17-5-3-2-4-16(17)22/h2-9,13H,10-12H2,1H3,(H,28,32)(H,29,35)/t13-,22?/m0/s1. The van der Waals surface area contributed by atoms with E-state index in [-0.39, 0.29) is 5.56 Å². The van der Waals surface area contributed by atoms with Crippen molar-refractivity contribution in [1.82, 2.24) is 15.1 Å². The number of amides is 5. The summed E-state index contributed by atoms with van der Waals surface area (Å²) in [5, 5.41) is 5.05. The lowest BCUT2D eigenvalue weighted by Crippen LogP contribution is -2.52. The third-order valence-electron chi connectivity index (χ3n) is 6.08. The van der Waals surface area contributed by atoms with Gasteiger partial charge in [-0.1, -0.05) is 30.3 Å². The Morgan fingerprint density at radius 1 is 1.11 bits per heavy atom. The summed E-state index contributed by atoms with van der Waals surface area (Å²) in [6, 6.07) is 7.59. The second-order valence-corrected chi connectivity index (χ2v) is 8.36. The molecule has 0 aromatic heterocycles. The predicted octanol–water partition coefficient (Wildman–Crippen LogP) is 2.89. The van der Waals surface area contributed by atoms with Crippen molar-refractivity contribution in [1.29, 1.82) is 0 Å². The molecule has 12 heteroatoms. The minimum atomic E-state index is -4.80. The van der Waals surface area contributed by atoms with Gasteiger partial charge in [0.05, 0.1) is 6.42 Å². The monoisotopic (exact) mass is 492 g/mol. The van der Waals surface area contributed by atoms with E-state index in [0.29, 0.717) is 21.1 Å². The molecule has 2 aromatic rings. The zero-order valence-electron chi connectivity index (χ0n) is 18.4. The van der Waals surface area contributed by atoms with Gasteiger partial charge in [-0.05, 0) is 30.7 Å². The maximum Gasteiger partial charge on any atom is 0.408 e. The molecule has 0 bridgehead atoms. The SMILES string of the molecule is C[C@H](N(Cc1ccc(F)cc1)C(=O)CN1C(=O)NC2(CC(=O)Nc3ccccc32)C1=O)C(F)(F)F. The Balaban J connectivity index is 1.62. The molecule has 2 heterocycles. The van der Waals surface area contributed by atoms with E-state index < -0.39 is 66.8 Å². The fourth-order valence-electron chi connectivity index (χ4n) is 4.20. The van der Waals surface area contributed by atoms with Gasteiger partial charge in [-0.25, -0.2) is 9.18 Å². The van der Waals surface area contributed by atoms with E-state index >= 15 is 0 Å². The normalized spacial score (nSPS) is 20.4. The molecule has 2 aliphatic heterocycles. The van der Waals surface area contributed by atoms with E-state index in [2.05, 4.69) is 10.6 Å². The van der Waals surface area contributed by atoms with Gasteiger partial charge in [0.1, 0.15) is 18.4 Å². The van der Waals surface area contributed by atoms with Crippen LogP contribution < -0.4 is 10.6 Å². The highest BCUT2D eigenvalue weighted by Crippen LogP contribution is 2.40. The predicted molar refractivity (Wildman–Crippen MR) is 114 cm³/mol. The Morgan fingerprint density at radius 2 is 1.77 bits per heavy atom. The summed E-state index contributed by atoms with van der Waals surface area (Å²) in [4.78, 5) is 52.3. The van der Waals surface area contributed by atoms with Gasteiger partial charge in [-0.15, -0.1) is 0 Å². The highest BCUT2D eigenvalue weighted by Gasteiger charge is 2.57. The third kappa shape index (κ3) is 4.43. The number of hydrogen-bond donors (Lipinski definition) is 2. The number of benzene rings is 2. The fourth-order valence-corrected chi connectivity index (χ4v) is 4.20. The molecule has 4 rings (SSSR count). The maximum atomic E-state index is 13.5. The van der Waals surface area contributed by atoms with E-state index in [1.54, 1.807) is 12.1 Å². The Kier molecular flexibility index (Phi) is 5.99. The van der Waals surface area contributed by atoms with Crippen LogP contribution in [0.5, 0.6) is 0 Å². The van der Waals surface area contributed by atoms with Crippen molar-refractivity contribution in [2.75, 3.05) is 11.9 Å². The summed E-state index contributed by atoms with van der Waals surface area (Å²) in [5.41, 5.74) is -0.940. The number of fused-ring (bicyclic) bond motifs is 2. The van der Waals surface area contributed by atoms with Crippen LogP contribution in [0.15, 0.2) is 48.5 Å². The molecule has 0 aliphatic carbocycles. The molecule has 5 amide bonds. The van der Waals surface area contributed by atoms with Crippen LogP contribution in [-0.2, 0) is 26.5 Å². The lowest BCUT2D eigenvalue weighted by molar-refractivity contribution is -0.187. The molecule has 0 radical (unpaired) electrons. The van der Waals surface area contributed by atoms with Gasteiger partial charge in [0, 0.05) is 17.8 Å². The maximum absolute atomic E-state index is 13.5. The van der Waals surface area contributed by atoms with E-state index in [0.717, 1.165) is 19.1 Å². The number of hydrogen-bond acceptors (Lipinski definition) is 4. The van der Waals surface area contributed by atoms with Crippen molar-refractivity contribution in [3.63, 3.8) is 0 Å². The van der Waals surface area contributed by atoms with Crippen molar-refractivity contribution < 1.29 is 36.7 Å². The van der Waals surface area contributed by atoms with Gasteiger partial charge in [0.2, 0.25) is 11.8 Å². The van der Waals surface area contributed by atoms with E-state index in [9.17, 15) is 36.7 Å². The fraction of sp³-hybridized carbons (Fsp3) is 0.304. The van der Waals surface area contributed by atoms with Crippen LogP contribution in [0.2, 0.25) is 0 Å². The molecule has 184 valence electrons. The summed E-state index contributed by atoms with van der Waals surface area (Å²) < 4.78 is 53.8. The van der Waals surface area contributed by atoms with Crippen LogP contribution in [-0.4, -0.2) is 52.3 Å². The first kappa shape index (κ1) is 24.2. The molecular formula is C23H20F4N4O4. The van der Waals surface area contributed by atoms with E-state index in [1.165, 1.54) is 24.3 Å². The second kappa shape index (κ2) is 8.67. The number of carbonyl (C=O) groups is 4. The zero-order valence-corrected chi connectivity index (χ0v) is 18.4. The first-order valence-electron chi connectivity index (χ1n) is 10.6. The molecular weight excluding hydrogens is 472 g/mol. The third-order valence-corrected chi connectivity index (χ3v) is 6.08. The highest BCUT2D eigenvalue weighted by molar-refractivity contribution is 6.14. The number of nitrogens with zero attached hydrogens (tertiary/aromatic N) is 2. The Hall–Kier alpha value is -3.96. The minimum Gasteiger partial charge on any atom is -0.326 e. The van der Waals surface area contributed by atoms with Gasteiger partial charge < -0.3 is 15.5 Å².